The maximum absolute atomic E-state index is 12.8. The van der Waals surface area contributed by atoms with Crippen molar-refractivity contribution in [3.8, 4) is 0 Å². The third-order valence-corrected chi connectivity index (χ3v) is 2.34. The standard InChI is InChI=1S/C12H12F4N2O2/c1-18(11(20)12(15,16)10(13)14)7-9(19)17-8-5-3-2-4-6-8/h2-6,10H,7H2,1H3,(H,17,19). The Balaban J connectivity index is 2.60. The van der Waals surface area contributed by atoms with Crippen LogP contribution in [0.3, 0.4) is 0 Å². The Labute approximate surface area is 112 Å². The Hall–Kier alpha value is -2.12. The Morgan fingerprint density at radius 2 is 1.80 bits per heavy atom. The van der Waals surface area contributed by atoms with Gasteiger partial charge in [0.2, 0.25) is 5.91 Å². The lowest BCUT2D eigenvalue weighted by Crippen LogP contribution is -2.48. The summed E-state index contributed by atoms with van der Waals surface area (Å²) in [5.41, 5.74) is 0.402. The normalized spacial score (nSPS) is 11.3. The summed E-state index contributed by atoms with van der Waals surface area (Å²) in [6, 6.07) is 8.07. The summed E-state index contributed by atoms with van der Waals surface area (Å²) in [5, 5.41) is 2.34. The first kappa shape index (κ1) is 15.9. The minimum absolute atomic E-state index is 0.254. The summed E-state index contributed by atoms with van der Waals surface area (Å²) in [6.45, 7) is -0.754. The van der Waals surface area contributed by atoms with E-state index in [2.05, 4.69) is 5.32 Å². The number of likely N-dealkylation sites (N-methyl/N-ethyl adjacent to an activating group) is 1. The molecule has 8 heteroatoms. The quantitative estimate of drug-likeness (QED) is 0.844. The van der Waals surface area contributed by atoms with Gasteiger partial charge >= 0.3 is 12.3 Å². The zero-order valence-corrected chi connectivity index (χ0v) is 10.4. The van der Waals surface area contributed by atoms with Gasteiger partial charge in [-0.25, -0.2) is 8.78 Å². The van der Waals surface area contributed by atoms with E-state index in [-0.39, 0.29) is 4.90 Å². The van der Waals surface area contributed by atoms with Crippen LogP contribution >= 0.6 is 0 Å². The van der Waals surface area contributed by atoms with Gasteiger partial charge in [-0.3, -0.25) is 9.59 Å². The molecule has 0 bridgehead atoms. The molecule has 0 aliphatic rings. The smallest absolute Gasteiger partial charge is 0.331 e. The van der Waals surface area contributed by atoms with Crippen LogP contribution in [0.25, 0.3) is 0 Å². The number of anilines is 1. The minimum Gasteiger partial charge on any atom is -0.331 e. The number of amides is 2. The molecule has 4 nitrogen and oxygen atoms in total. The van der Waals surface area contributed by atoms with Crippen LogP contribution in [-0.4, -0.2) is 42.7 Å². The van der Waals surface area contributed by atoms with Crippen molar-refractivity contribution in [3.05, 3.63) is 30.3 Å². The number of rotatable bonds is 5. The van der Waals surface area contributed by atoms with Crippen molar-refractivity contribution in [1.82, 2.24) is 4.90 Å². The van der Waals surface area contributed by atoms with E-state index in [1.54, 1.807) is 30.3 Å². The molecule has 1 rings (SSSR count). The minimum atomic E-state index is -4.80. The highest BCUT2D eigenvalue weighted by atomic mass is 19.3. The zero-order chi connectivity index (χ0) is 15.3. The van der Waals surface area contributed by atoms with Gasteiger partial charge in [0.25, 0.3) is 5.91 Å². The van der Waals surface area contributed by atoms with Crippen molar-refractivity contribution < 1.29 is 27.2 Å². The highest BCUT2D eigenvalue weighted by Gasteiger charge is 2.50. The first-order chi connectivity index (χ1) is 9.25. The summed E-state index contributed by atoms with van der Waals surface area (Å²) in [7, 11) is 0.850. The van der Waals surface area contributed by atoms with Crippen molar-refractivity contribution in [1.29, 1.82) is 0 Å². The van der Waals surface area contributed by atoms with Gasteiger partial charge in [0, 0.05) is 12.7 Å². The van der Waals surface area contributed by atoms with E-state index < -0.39 is 30.7 Å². The van der Waals surface area contributed by atoms with Gasteiger partial charge in [0.15, 0.2) is 0 Å². The Kier molecular flexibility index (Phi) is 5.06. The maximum atomic E-state index is 12.8. The molecule has 0 aliphatic carbocycles. The van der Waals surface area contributed by atoms with E-state index in [0.717, 1.165) is 7.05 Å². The fourth-order valence-corrected chi connectivity index (χ4v) is 1.36. The molecule has 0 heterocycles. The number of nitrogens with zero attached hydrogens (tertiary/aromatic N) is 1. The average Bonchev–Trinajstić information content (AvgIpc) is 2.38. The summed E-state index contributed by atoms with van der Waals surface area (Å²) in [4.78, 5) is 22.9. The maximum Gasteiger partial charge on any atom is 0.383 e. The first-order valence-electron chi connectivity index (χ1n) is 5.51. The van der Waals surface area contributed by atoms with Crippen molar-refractivity contribution in [2.45, 2.75) is 12.3 Å². The summed E-state index contributed by atoms with van der Waals surface area (Å²) in [5.74, 6) is -7.67. The Morgan fingerprint density at radius 1 is 1.25 bits per heavy atom. The average molecular weight is 292 g/mol. The van der Waals surface area contributed by atoms with E-state index >= 15 is 0 Å². The highest BCUT2D eigenvalue weighted by Crippen LogP contribution is 2.24. The number of nitrogens with one attached hydrogen (secondary N) is 1. The molecule has 1 aromatic rings. The van der Waals surface area contributed by atoms with E-state index in [4.69, 9.17) is 0 Å². The summed E-state index contributed by atoms with van der Waals surface area (Å²) in [6.07, 6.45) is -4.12. The molecular weight excluding hydrogens is 280 g/mol. The third-order valence-electron chi connectivity index (χ3n) is 2.34. The van der Waals surface area contributed by atoms with Crippen LogP contribution in [0.4, 0.5) is 23.2 Å². The molecule has 1 aromatic carbocycles. The Bertz CT molecular complexity index is 480. The molecule has 2 amide bonds. The van der Waals surface area contributed by atoms with E-state index in [0.29, 0.717) is 5.69 Å². The Morgan fingerprint density at radius 3 is 2.30 bits per heavy atom. The number of benzene rings is 1. The van der Waals surface area contributed by atoms with Gasteiger partial charge in [-0.05, 0) is 12.1 Å². The molecule has 0 saturated carbocycles. The molecular formula is C12H12F4N2O2. The molecule has 0 radical (unpaired) electrons. The van der Waals surface area contributed by atoms with Gasteiger partial charge in [-0.1, -0.05) is 18.2 Å². The van der Waals surface area contributed by atoms with Crippen LogP contribution in [0.5, 0.6) is 0 Å². The lowest BCUT2D eigenvalue weighted by atomic mass is 10.3. The van der Waals surface area contributed by atoms with Crippen LogP contribution in [-0.2, 0) is 9.59 Å². The SMILES string of the molecule is CN(CC(=O)Nc1ccccc1)C(=O)C(F)(F)C(F)F. The van der Waals surface area contributed by atoms with Crippen molar-refractivity contribution in [2.75, 3.05) is 18.9 Å². The van der Waals surface area contributed by atoms with Gasteiger partial charge in [-0.15, -0.1) is 0 Å². The molecule has 0 spiro atoms. The van der Waals surface area contributed by atoms with Gasteiger partial charge in [0.1, 0.15) is 0 Å². The largest absolute Gasteiger partial charge is 0.383 e. The second kappa shape index (κ2) is 6.36. The number of para-hydroxylation sites is 1. The fourth-order valence-electron chi connectivity index (χ4n) is 1.36. The van der Waals surface area contributed by atoms with Crippen LogP contribution in [0, 0.1) is 0 Å². The summed E-state index contributed by atoms with van der Waals surface area (Å²) >= 11 is 0. The van der Waals surface area contributed by atoms with Crippen molar-refractivity contribution >= 4 is 17.5 Å². The summed E-state index contributed by atoms with van der Waals surface area (Å²) < 4.78 is 49.6. The van der Waals surface area contributed by atoms with E-state index in [1.807, 2.05) is 0 Å². The molecule has 0 fully saturated rings. The number of carbonyl (C=O) groups excluding carboxylic acids is 2. The highest BCUT2D eigenvalue weighted by molar-refractivity contribution is 5.95. The van der Waals surface area contributed by atoms with E-state index in [1.165, 1.54) is 0 Å². The molecule has 0 saturated heterocycles. The van der Waals surface area contributed by atoms with Gasteiger partial charge < -0.3 is 10.2 Å². The predicted octanol–water partition coefficient (Wildman–Crippen LogP) is 1.98. The third kappa shape index (κ3) is 3.94. The lowest BCUT2D eigenvalue weighted by molar-refractivity contribution is -0.179. The molecule has 20 heavy (non-hydrogen) atoms. The number of halogens is 4. The molecule has 0 unspecified atom stereocenters. The van der Waals surface area contributed by atoms with Crippen LogP contribution in [0.15, 0.2) is 30.3 Å². The number of hydrogen-bond acceptors (Lipinski definition) is 2. The van der Waals surface area contributed by atoms with Crippen molar-refractivity contribution in [2.24, 2.45) is 0 Å². The predicted molar refractivity (Wildman–Crippen MR) is 63.7 cm³/mol. The monoisotopic (exact) mass is 292 g/mol. The molecule has 0 aliphatic heterocycles. The number of alkyl halides is 4. The van der Waals surface area contributed by atoms with Crippen LogP contribution < -0.4 is 5.32 Å². The van der Waals surface area contributed by atoms with Gasteiger partial charge in [0.05, 0.1) is 6.54 Å². The van der Waals surface area contributed by atoms with E-state index in [9.17, 15) is 27.2 Å². The molecule has 110 valence electrons. The molecule has 0 atom stereocenters. The number of carbonyl (C=O) groups is 2. The second-order valence-electron chi connectivity index (χ2n) is 4.00. The second-order valence-corrected chi connectivity index (χ2v) is 4.00. The van der Waals surface area contributed by atoms with Crippen LogP contribution in [0.1, 0.15) is 0 Å². The topological polar surface area (TPSA) is 49.4 Å². The first-order valence-corrected chi connectivity index (χ1v) is 5.51. The lowest BCUT2D eigenvalue weighted by Gasteiger charge is -2.22. The van der Waals surface area contributed by atoms with Crippen molar-refractivity contribution in [3.63, 3.8) is 0 Å². The molecule has 0 aromatic heterocycles. The number of hydrogen-bond donors (Lipinski definition) is 1. The van der Waals surface area contributed by atoms with Gasteiger partial charge in [-0.2, -0.15) is 8.78 Å². The fraction of sp³-hybridized carbons (Fsp3) is 0.333. The molecule has 1 N–H and O–H groups in total. The van der Waals surface area contributed by atoms with Crippen LogP contribution in [0.2, 0.25) is 0 Å². The zero-order valence-electron chi connectivity index (χ0n) is 10.4.